The van der Waals surface area contributed by atoms with Crippen molar-refractivity contribution in [3.05, 3.63) is 99.8 Å². The van der Waals surface area contributed by atoms with Crippen LogP contribution in [0.25, 0.3) is 0 Å². The number of fused-ring (bicyclic) bond motifs is 1. The number of carbonyl (C=O) groups excluding carboxylic acids is 2. The molecule has 9 heteroatoms. The summed E-state index contributed by atoms with van der Waals surface area (Å²) in [7, 11) is -3.47. The minimum Gasteiger partial charge on any atom is -0.338 e. The zero-order chi connectivity index (χ0) is 27.0. The van der Waals surface area contributed by atoms with E-state index < -0.39 is 9.84 Å². The third-order valence-corrected chi connectivity index (χ3v) is 8.94. The number of carbonyl (C=O) groups is 2. The van der Waals surface area contributed by atoms with Gasteiger partial charge in [-0.25, -0.2) is 12.8 Å². The van der Waals surface area contributed by atoms with Crippen LogP contribution in [-0.4, -0.2) is 62.0 Å². The van der Waals surface area contributed by atoms with Gasteiger partial charge in [-0.15, -0.1) is 0 Å². The second-order valence-corrected chi connectivity index (χ2v) is 12.5. The van der Waals surface area contributed by atoms with E-state index in [1.54, 1.807) is 17.0 Å². The van der Waals surface area contributed by atoms with Crippen molar-refractivity contribution in [3.63, 3.8) is 0 Å². The van der Waals surface area contributed by atoms with Gasteiger partial charge >= 0.3 is 0 Å². The third-order valence-electron chi connectivity index (χ3n) is 7.50. The van der Waals surface area contributed by atoms with Gasteiger partial charge in [-0.2, -0.15) is 0 Å². The molecule has 2 aliphatic rings. The Balaban J connectivity index is 1.23. The van der Waals surface area contributed by atoms with Crippen LogP contribution < -0.4 is 0 Å². The third kappa shape index (κ3) is 5.47. The smallest absolute Gasteiger partial charge is 0.255 e. The summed E-state index contributed by atoms with van der Waals surface area (Å²) < 4.78 is 37.1. The molecule has 3 aromatic rings. The van der Waals surface area contributed by atoms with E-state index in [2.05, 4.69) is 0 Å². The molecular weight excluding hydrogens is 527 g/mol. The number of hydrogen-bond acceptors (Lipinski definition) is 4. The van der Waals surface area contributed by atoms with Gasteiger partial charge < -0.3 is 9.80 Å². The van der Waals surface area contributed by atoms with E-state index in [1.165, 1.54) is 30.3 Å². The van der Waals surface area contributed by atoms with E-state index in [0.29, 0.717) is 38.0 Å². The molecule has 0 unspecified atom stereocenters. The topological polar surface area (TPSA) is 74.8 Å². The Morgan fingerprint density at radius 1 is 0.921 bits per heavy atom. The lowest BCUT2D eigenvalue weighted by molar-refractivity contribution is 0.0538. The highest BCUT2D eigenvalue weighted by Gasteiger charge is 2.42. The lowest BCUT2D eigenvalue weighted by atomic mass is 9.92. The first-order chi connectivity index (χ1) is 18.1. The maximum atomic E-state index is 13.4. The number of rotatable bonds is 5. The highest BCUT2D eigenvalue weighted by molar-refractivity contribution is 7.90. The fourth-order valence-corrected chi connectivity index (χ4v) is 6.31. The maximum absolute atomic E-state index is 13.4. The zero-order valence-corrected chi connectivity index (χ0v) is 22.5. The van der Waals surface area contributed by atoms with Crippen molar-refractivity contribution in [2.45, 2.75) is 30.2 Å². The van der Waals surface area contributed by atoms with Crippen LogP contribution in [-0.2, 0) is 16.3 Å². The first kappa shape index (κ1) is 26.4. The van der Waals surface area contributed by atoms with Gasteiger partial charge in [0.1, 0.15) is 5.82 Å². The second-order valence-electron chi connectivity index (χ2n) is 10.1. The predicted molar refractivity (Wildman–Crippen MR) is 144 cm³/mol. The molecule has 0 saturated carbocycles. The van der Waals surface area contributed by atoms with Crippen molar-refractivity contribution in [3.8, 4) is 0 Å². The highest BCUT2D eigenvalue weighted by atomic mass is 35.5. The van der Waals surface area contributed by atoms with Crippen molar-refractivity contribution in [1.29, 1.82) is 0 Å². The lowest BCUT2D eigenvalue weighted by Crippen LogP contribution is -2.49. The quantitative estimate of drug-likeness (QED) is 0.452. The molecule has 0 spiro atoms. The number of likely N-dealkylation sites (tertiary alicyclic amines) is 2. The van der Waals surface area contributed by atoms with Crippen molar-refractivity contribution < 1.29 is 22.4 Å². The molecule has 0 radical (unpaired) electrons. The van der Waals surface area contributed by atoms with Crippen molar-refractivity contribution in [2.75, 3.05) is 25.9 Å². The molecule has 2 heterocycles. The Hall–Kier alpha value is -3.23. The Morgan fingerprint density at radius 3 is 2.24 bits per heavy atom. The molecular formula is C29H28ClFN2O4S. The van der Waals surface area contributed by atoms with Crippen LogP contribution in [0.4, 0.5) is 4.39 Å². The van der Waals surface area contributed by atoms with E-state index in [4.69, 9.17) is 11.6 Å². The molecule has 6 nitrogen and oxygen atoms in total. The highest BCUT2D eigenvalue weighted by Crippen LogP contribution is 2.34. The molecule has 0 aromatic heterocycles. The fourth-order valence-electron chi connectivity index (χ4n) is 5.46. The van der Waals surface area contributed by atoms with Crippen LogP contribution in [0.15, 0.2) is 71.6 Å². The Bertz CT molecular complexity index is 1480. The van der Waals surface area contributed by atoms with Crippen LogP contribution in [0, 0.1) is 11.7 Å². The normalized spacial score (nSPS) is 19.3. The summed E-state index contributed by atoms with van der Waals surface area (Å²) in [6, 6.07) is 18.1. The number of piperidine rings is 1. The molecule has 2 atom stereocenters. The van der Waals surface area contributed by atoms with E-state index in [0.717, 1.165) is 23.8 Å². The molecule has 2 aliphatic heterocycles. The van der Waals surface area contributed by atoms with E-state index in [1.807, 2.05) is 29.2 Å². The summed E-state index contributed by atoms with van der Waals surface area (Å²) in [6.07, 6.45) is 3.17. The van der Waals surface area contributed by atoms with Gasteiger partial charge in [0.2, 0.25) is 0 Å². The van der Waals surface area contributed by atoms with Gasteiger partial charge in [-0.1, -0.05) is 35.9 Å². The van der Waals surface area contributed by atoms with Crippen LogP contribution in [0.5, 0.6) is 0 Å². The van der Waals surface area contributed by atoms with Gasteiger partial charge in [-0.05, 0) is 78.8 Å². The molecule has 198 valence electrons. The number of hydrogen-bond donors (Lipinski definition) is 0. The molecule has 0 bridgehead atoms. The monoisotopic (exact) mass is 554 g/mol. The largest absolute Gasteiger partial charge is 0.338 e. The van der Waals surface area contributed by atoms with Crippen LogP contribution in [0.2, 0.25) is 5.02 Å². The van der Waals surface area contributed by atoms with Crippen molar-refractivity contribution >= 4 is 33.3 Å². The first-order valence-corrected chi connectivity index (χ1v) is 14.8. The van der Waals surface area contributed by atoms with Gasteiger partial charge in [0.25, 0.3) is 11.8 Å². The zero-order valence-electron chi connectivity index (χ0n) is 20.9. The minimum absolute atomic E-state index is 0.0254. The van der Waals surface area contributed by atoms with Gasteiger partial charge in [-0.3, -0.25) is 9.59 Å². The standard InChI is InChI=1S/C29H28ClFN2O4S/c1-38(36,37)24-10-11-26(30)25(17-24)29(35)33-15-12-22-18-32(14-13-27(22)33)28(34)21-6-2-19(3-7-21)16-20-4-8-23(31)9-5-20/h2-11,17,22,27H,12-16,18H2,1H3/t22-,27-/m0/s1. The molecule has 5 rings (SSSR count). The second kappa shape index (κ2) is 10.5. The summed E-state index contributed by atoms with van der Waals surface area (Å²) >= 11 is 6.28. The lowest BCUT2D eigenvalue weighted by Gasteiger charge is -2.38. The summed E-state index contributed by atoms with van der Waals surface area (Å²) in [5.41, 5.74) is 2.84. The molecule has 0 N–H and O–H groups in total. The number of nitrogens with zero attached hydrogens (tertiary/aromatic N) is 2. The summed E-state index contributed by atoms with van der Waals surface area (Å²) in [4.78, 5) is 30.3. The first-order valence-electron chi connectivity index (χ1n) is 12.5. The molecule has 2 amide bonds. The average Bonchev–Trinajstić information content (AvgIpc) is 3.32. The van der Waals surface area contributed by atoms with Crippen LogP contribution >= 0.6 is 11.6 Å². The maximum Gasteiger partial charge on any atom is 0.255 e. The van der Waals surface area contributed by atoms with E-state index >= 15 is 0 Å². The molecule has 2 fully saturated rings. The van der Waals surface area contributed by atoms with Crippen LogP contribution in [0.3, 0.4) is 0 Å². The SMILES string of the molecule is CS(=O)(=O)c1ccc(Cl)c(C(=O)N2CC[C@H]3CN(C(=O)c4ccc(Cc5ccc(F)cc5)cc4)CC[C@@H]32)c1. The number of sulfone groups is 1. The Morgan fingerprint density at radius 2 is 1.58 bits per heavy atom. The number of amides is 2. The van der Waals surface area contributed by atoms with Gasteiger partial charge in [0.05, 0.1) is 15.5 Å². The van der Waals surface area contributed by atoms with Gasteiger partial charge in [0, 0.05) is 37.5 Å². The Kier molecular flexibility index (Phi) is 7.29. The van der Waals surface area contributed by atoms with E-state index in [9.17, 15) is 22.4 Å². The molecule has 3 aromatic carbocycles. The summed E-state index contributed by atoms with van der Waals surface area (Å²) in [5.74, 6) is -0.431. The van der Waals surface area contributed by atoms with Crippen molar-refractivity contribution in [2.24, 2.45) is 5.92 Å². The number of halogens is 2. The van der Waals surface area contributed by atoms with Gasteiger partial charge in [0.15, 0.2) is 9.84 Å². The number of benzene rings is 3. The molecule has 0 aliphatic carbocycles. The summed E-state index contributed by atoms with van der Waals surface area (Å²) in [5, 5.41) is 0.223. The fraction of sp³-hybridized carbons (Fsp3) is 0.310. The van der Waals surface area contributed by atoms with Crippen LogP contribution in [0.1, 0.15) is 44.7 Å². The Labute approximate surface area is 226 Å². The molecule has 38 heavy (non-hydrogen) atoms. The molecule has 2 saturated heterocycles. The average molecular weight is 555 g/mol. The minimum atomic E-state index is -3.47. The van der Waals surface area contributed by atoms with E-state index in [-0.39, 0.29) is 45.1 Å². The predicted octanol–water partition coefficient (Wildman–Crippen LogP) is 4.85. The van der Waals surface area contributed by atoms with Crippen molar-refractivity contribution in [1.82, 2.24) is 9.80 Å². The summed E-state index contributed by atoms with van der Waals surface area (Å²) in [6.45, 7) is 1.62.